The fraction of sp³-hybridized carbons (Fsp3) is 0.267. The minimum Gasteiger partial charge on any atom is -0.507 e. The number of amides is 1. The summed E-state index contributed by atoms with van der Waals surface area (Å²) in [7, 11) is 6.88. The van der Waals surface area contributed by atoms with Crippen molar-refractivity contribution in [1.82, 2.24) is 0 Å². The van der Waals surface area contributed by atoms with E-state index in [1.807, 2.05) is 57.1 Å². The highest BCUT2D eigenvalue weighted by molar-refractivity contribution is 6.51. The number of benzene rings is 3. The molecular weight excluding hydrogens is 484 g/mol. The third kappa shape index (κ3) is 5.02. The lowest BCUT2D eigenvalue weighted by Gasteiger charge is -2.26. The van der Waals surface area contributed by atoms with Crippen molar-refractivity contribution in [3.63, 3.8) is 0 Å². The topological polar surface area (TPSA) is 88.5 Å². The quantitative estimate of drug-likeness (QED) is 0.251. The molecule has 1 amide bonds. The van der Waals surface area contributed by atoms with Crippen molar-refractivity contribution in [2.24, 2.45) is 0 Å². The number of aliphatic hydroxyl groups is 1. The second-order valence-electron chi connectivity index (χ2n) is 9.39. The maximum Gasteiger partial charge on any atom is 0.300 e. The lowest BCUT2D eigenvalue weighted by molar-refractivity contribution is -0.132. The van der Waals surface area contributed by atoms with Crippen molar-refractivity contribution in [2.75, 3.05) is 38.1 Å². The van der Waals surface area contributed by atoms with E-state index in [0.717, 1.165) is 5.69 Å². The fourth-order valence-electron chi connectivity index (χ4n) is 4.49. The number of rotatable bonds is 8. The molecule has 4 rings (SSSR count). The summed E-state index contributed by atoms with van der Waals surface area (Å²) in [5.74, 6) is -0.370. The van der Waals surface area contributed by atoms with Gasteiger partial charge in [0.2, 0.25) is 0 Å². The third-order valence-corrected chi connectivity index (χ3v) is 6.29. The Morgan fingerprint density at radius 1 is 0.921 bits per heavy atom. The molecule has 1 aliphatic rings. The van der Waals surface area contributed by atoms with Gasteiger partial charge in [0.05, 0.1) is 31.9 Å². The number of aliphatic hydroxyl groups excluding tert-OH is 1. The maximum atomic E-state index is 13.5. The van der Waals surface area contributed by atoms with Crippen LogP contribution < -0.4 is 24.0 Å². The van der Waals surface area contributed by atoms with Gasteiger partial charge < -0.3 is 24.2 Å². The predicted octanol–water partition coefficient (Wildman–Crippen LogP) is 5.18. The lowest BCUT2D eigenvalue weighted by Crippen LogP contribution is -2.29. The van der Waals surface area contributed by atoms with Crippen LogP contribution in [0.4, 0.5) is 11.4 Å². The highest BCUT2D eigenvalue weighted by atomic mass is 16.5. The molecule has 1 heterocycles. The van der Waals surface area contributed by atoms with E-state index in [0.29, 0.717) is 34.1 Å². The fourth-order valence-corrected chi connectivity index (χ4v) is 4.49. The number of hydrogen-bond donors (Lipinski definition) is 1. The molecule has 3 aromatic rings. The molecule has 1 aliphatic heterocycles. The van der Waals surface area contributed by atoms with Gasteiger partial charge in [-0.3, -0.25) is 14.5 Å². The highest BCUT2D eigenvalue weighted by Crippen LogP contribution is 2.44. The second kappa shape index (κ2) is 10.9. The molecule has 1 unspecified atom stereocenters. The molecule has 0 aliphatic carbocycles. The molecule has 1 saturated heterocycles. The molecular formula is C30H32N2O6. The van der Waals surface area contributed by atoms with Gasteiger partial charge in [0.15, 0.2) is 11.5 Å². The molecule has 1 fully saturated rings. The molecule has 38 heavy (non-hydrogen) atoms. The number of carbonyl (C=O) groups is 2. The molecule has 8 heteroatoms. The normalized spacial score (nSPS) is 16.6. The van der Waals surface area contributed by atoms with E-state index in [1.165, 1.54) is 19.1 Å². The van der Waals surface area contributed by atoms with Gasteiger partial charge >= 0.3 is 0 Å². The minimum absolute atomic E-state index is 0.0101. The summed E-state index contributed by atoms with van der Waals surface area (Å²) in [6, 6.07) is 18.5. The lowest BCUT2D eigenvalue weighted by atomic mass is 9.94. The van der Waals surface area contributed by atoms with Crippen LogP contribution in [0.5, 0.6) is 17.2 Å². The first-order valence-electron chi connectivity index (χ1n) is 12.2. The van der Waals surface area contributed by atoms with E-state index < -0.39 is 17.7 Å². The van der Waals surface area contributed by atoms with Gasteiger partial charge in [0.25, 0.3) is 11.7 Å². The molecule has 198 valence electrons. The number of methoxy groups -OCH3 is 2. The summed E-state index contributed by atoms with van der Waals surface area (Å²) in [6.45, 7) is 3.80. The van der Waals surface area contributed by atoms with Crippen LogP contribution in [0.1, 0.15) is 31.0 Å². The average Bonchev–Trinajstić information content (AvgIpc) is 3.17. The molecule has 8 nitrogen and oxygen atoms in total. The molecule has 0 bridgehead atoms. The van der Waals surface area contributed by atoms with Crippen molar-refractivity contribution in [3.05, 3.63) is 83.4 Å². The van der Waals surface area contributed by atoms with Gasteiger partial charge in [0, 0.05) is 37.1 Å². The minimum atomic E-state index is -0.876. The molecule has 0 aromatic heterocycles. The Morgan fingerprint density at radius 3 is 2.21 bits per heavy atom. The van der Waals surface area contributed by atoms with Crippen molar-refractivity contribution < 1.29 is 28.9 Å². The van der Waals surface area contributed by atoms with Crippen LogP contribution in [0, 0.1) is 0 Å². The van der Waals surface area contributed by atoms with E-state index in [9.17, 15) is 14.7 Å². The first-order valence-corrected chi connectivity index (χ1v) is 12.2. The zero-order valence-corrected chi connectivity index (χ0v) is 22.4. The van der Waals surface area contributed by atoms with Gasteiger partial charge in [-0.2, -0.15) is 0 Å². The SMILES string of the molecule is COc1ccc(N2C(=O)C(=O)/C(=C(/O)c3cccc(OC(C)C)c3)C2c2ccc(N(C)C)cc2)cc1OC. The Morgan fingerprint density at radius 2 is 1.61 bits per heavy atom. The summed E-state index contributed by atoms with van der Waals surface area (Å²) in [5, 5.41) is 11.5. The number of hydrogen-bond acceptors (Lipinski definition) is 7. The van der Waals surface area contributed by atoms with Gasteiger partial charge in [0.1, 0.15) is 11.5 Å². The van der Waals surface area contributed by atoms with Gasteiger partial charge in [-0.1, -0.05) is 24.3 Å². The van der Waals surface area contributed by atoms with Crippen LogP contribution in [0.15, 0.2) is 72.3 Å². The summed E-state index contributed by atoms with van der Waals surface area (Å²) in [4.78, 5) is 30.3. The third-order valence-electron chi connectivity index (χ3n) is 6.29. The first kappa shape index (κ1) is 26.6. The Kier molecular flexibility index (Phi) is 7.62. The van der Waals surface area contributed by atoms with Crippen molar-refractivity contribution in [2.45, 2.75) is 26.0 Å². The number of Topliss-reactive ketones (excluding diaryl/α,β-unsaturated/α-hetero) is 1. The standard InChI is InChI=1S/C30H32N2O6/c1-18(2)38-23-9-7-8-20(16-23)28(33)26-27(19-10-12-21(13-11-19)31(3)4)32(30(35)29(26)34)22-14-15-24(36-5)25(17-22)37-6/h7-18,27,33H,1-6H3/b28-26+. The summed E-state index contributed by atoms with van der Waals surface area (Å²) < 4.78 is 16.6. The number of carbonyl (C=O) groups excluding carboxylic acids is 2. The Labute approximate surface area is 222 Å². The maximum absolute atomic E-state index is 13.5. The van der Waals surface area contributed by atoms with E-state index in [1.54, 1.807) is 42.5 Å². The number of anilines is 2. The smallest absolute Gasteiger partial charge is 0.300 e. The van der Waals surface area contributed by atoms with Gasteiger partial charge in [-0.25, -0.2) is 0 Å². The van der Waals surface area contributed by atoms with E-state index in [-0.39, 0.29) is 17.4 Å². The zero-order valence-electron chi connectivity index (χ0n) is 22.4. The van der Waals surface area contributed by atoms with Crippen LogP contribution in [0.2, 0.25) is 0 Å². The number of ketones is 1. The zero-order chi connectivity index (χ0) is 27.6. The van der Waals surface area contributed by atoms with Gasteiger partial charge in [-0.15, -0.1) is 0 Å². The highest BCUT2D eigenvalue weighted by Gasteiger charge is 2.47. The van der Waals surface area contributed by atoms with Crippen LogP contribution in [-0.2, 0) is 9.59 Å². The first-order chi connectivity index (χ1) is 18.2. The summed E-state index contributed by atoms with van der Waals surface area (Å²) >= 11 is 0. The molecule has 1 atom stereocenters. The molecule has 0 spiro atoms. The molecule has 3 aromatic carbocycles. The van der Waals surface area contributed by atoms with Gasteiger partial charge in [-0.05, 0) is 55.8 Å². The van der Waals surface area contributed by atoms with E-state index in [2.05, 4.69) is 0 Å². The van der Waals surface area contributed by atoms with E-state index in [4.69, 9.17) is 14.2 Å². The van der Waals surface area contributed by atoms with Crippen LogP contribution >= 0.6 is 0 Å². The molecule has 0 saturated carbocycles. The average molecular weight is 517 g/mol. The van der Waals surface area contributed by atoms with Crippen LogP contribution in [0.25, 0.3) is 5.76 Å². The largest absolute Gasteiger partial charge is 0.507 e. The van der Waals surface area contributed by atoms with Crippen molar-refractivity contribution in [1.29, 1.82) is 0 Å². The summed E-state index contributed by atoms with van der Waals surface area (Å²) in [5.41, 5.74) is 2.42. The van der Waals surface area contributed by atoms with Crippen molar-refractivity contribution in [3.8, 4) is 17.2 Å². The Hall–Kier alpha value is -4.46. The molecule has 1 N–H and O–H groups in total. The van der Waals surface area contributed by atoms with Crippen molar-refractivity contribution >= 4 is 28.8 Å². The van der Waals surface area contributed by atoms with Crippen LogP contribution in [-0.4, -0.2) is 51.2 Å². The monoisotopic (exact) mass is 516 g/mol. The molecule has 0 radical (unpaired) electrons. The Balaban J connectivity index is 1.91. The van der Waals surface area contributed by atoms with E-state index >= 15 is 0 Å². The summed E-state index contributed by atoms with van der Waals surface area (Å²) in [6.07, 6.45) is -0.0711. The number of ether oxygens (including phenoxy) is 3. The predicted molar refractivity (Wildman–Crippen MR) is 147 cm³/mol. The Bertz CT molecular complexity index is 1380. The second-order valence-corrected chi connectivity index (χ2v) is 9.39. The number of nitrogens with zero attached hydrogens (tertiary/aromatic N) is 2. The van der Waals surface area contributed by atoms with Crippen LogP contribution in [0.3, 0.4) is 0 Å².